The molecule has 0 amide bonds. The summed E-state index contributed by atoms with van der Waals surface area (Å²) in [5.41, 5.74) is 1.01. The minimum Gasteiger partial charge on any atom is -0.432 e. The highest BCUT2D eigenvalue weighted by atomic mass is 32.2. The molecule has 7 nitrogen and oxygen atoms in total. The summed E-state index contributed by atoms with van der Waals surface area (Å²) in [6.45, 7) is 4.86. The SMILES string of the molecule is CCC/C(=N\OC(C)=O)C(=O)c1ccc(Sc2ccc(C(=O)OC(O)CC)cc2)cc1. The Morgan fingerprint density at radius 1 is 0.968 bits per heavy atom. The smallest absolute Gasteiger partial charge is 0.340 e. The Balaban J connectivity index is 2.05. The molecule has 2 rings (SSSR count). The molecule has 0 saturated heterocycles. The highest BCUT2D eigenvalue weighted by molar-refractivity contribution is 7.99. The van der Waals surface area contributed by atoms with Crippen LogP contribution in [0.4, 0.5) is 0 Å². The van der Waals surface area contributed by atoms with E-state index in [2.05, 4.69) is 9.99 Å². The molecule has 1 atom stereocenters. The van der Waals surface area contributed by atoms with E-state index in [-0.39, 0.29) is 11.5 Å². The Kier molecular flexibility index (Phi) is 9.42. The number of esters is 1. The van der Waals surface area contributed by atoms with Crippen molar-refractivity contribution in [1.82, 2.24) is 0 Å². The van der Waals surface area contributed by atoms with E-state index < -0.39 is 18.2 Å². The molecule has 0 aromatic heterocycles. The van der Waals surface area contributed by atoms with Crippen LogP contribution in [0.25, 0.3) is 0 Å². The maximum Gasteiger partial charge on any atom is 0.340 e. The van der Waals surface area contributed by atoms with Gasteiger partial charge < -0.3 is 14.7 Å². The highest BCUT2D eigenvalue weighted by Crippen LogP contribution is 2.28. The standard InChI is InChI=1S/C23H25NO6S/c1-4-6-20(24-30-15(3)25)22(27)16-7-11-18(12-8-16)31-19-13-9-17(10-14-19)23(28)29-21(26)5-2/h7-14,21,26H,4-6H2,1-3H3/b24-20+. The van der Waals surface area contributed by atoms with Crippen molar-refractivity contribution >= 4 is 35.2 Å². The summed E-state index contributed by atoms with van der Waals surface area (Å²) in [5.74, 6) is -1.43. The van der Waals surface area contributed by atoms with Crippen LogP contribution in [-0.2, 0) is 14.4 Å². The summed E-state index contributed by atoms with van der Waals surface area (Å²) in [6.07, 6.45) is 0.320. The Bertz CT molecular complexity index is 938. The third kappa shape index (κ3) is 7.66. The van der Waals surface area contributed by atoms with Crippen molar-refractivity contribution in [3.05, 3.63) is 59.7 Å². The number of carbonyl (C=O) groups excluding carboxylic acids is 3. The predicted octanol–water partition coefficient (Wildman–Crippen LogP) is 4.62. The fourth-order valence-electron chi connectivity index (χ4n) is 2.47. The lowest BCUT2D eigenvalue weighted by Gasteiger charge is -2.10. The maximum absolute atomic E-state index is 12.6. The lowest BCUT2D eigenvalue weighted by atomic mass is 10.0. The molecule has 0 heterocycles. The van der Waals surface area contributed by atoms with Crippen LogP contribution in [0.1, 0.15) is 60.7 Å². The number of hydrogen-bond donors (Lipinski definition) is 1. The molecule has 0 radical (unpaired) electrons. The molecular weight excluding hydrogens is 418 g/mol. The van der Waals surface area contributed by atoms with E-state index in [0.29, 0.717) is 30.4 Å². The van der Waals surface area contributed by atoms with Crippen LogP contribution < -0.4 is 0 Å². The van der Waals surface area contributed by atoms with E-state index in [0.717, 1.165) is 9.79 Å². The van der Waals surface area contributed by atoms with Crippen molar-refractivity contribution in [2.24, 2.45) is 5.16 Å². The van der Waals surface area contributed by atoms with Gasteiger partial charge in [-0.15, -0.1) is 0 Å². The normalized spacial score (nSPS) is 12.2. The van der Waals surface area contributed by atoms with Gasteiger partial charge in [0, 0.05) is 28.7 Å². The molecule has 1 N–H and O–H groups in total. The molecule has 2 aromatic rings. The number of benzene rings is 2. The lowest BCUT2D eigenvalue weighted by Crippen LogP contribution is -2.16. The van der Waals surface area contributed by atoms with E-state index in [4.69, 9.17) is 4.74 Å². The second-order valence-electron chi connectivity index (χ2n) is 6.62. The van der Waals surface area contributed by atoms with Crippen molar-refractivity contribution in [3.63, 3.8) is 0 Å². The molecule has 0 aliphatic rings. The van der Waals surface area contributed by atoms with Crippen LogP contribution in [0.3, 0.4) is 0 Å². The van der Waals surface area contributed by atoms with Crippen LogP contribution in [0, 0.1) is 0 Å². The zero-order chi connectivity index (χ0) is 22.8. The number of aliphatic hydroxyl groups excluding tert-OH is 1. The van der Waals surface area contributed by atoms with Gasteiger partial charge in [-0.2, -0.15) is 0 Å². The molecule has 0 aliphatic carbocycles. The van der Waals surface area contributed by atoms with Crippen molar-refractivity contribution in [2.75, 3.05) is 0 Å². The van der Waals surface area contributed by atoms with Gasteiger partial charge in [0.1, 0.15) is 5.71 Å². The second-order valence-corrected chi connectivity index (χ2v) is 7.77. The van der Waals surface area contributed by atoms with Gasteiger partial charge in [0.2, 0.25) is 12.1 Å². The number of rotatable bonds is 10. The first-order valence-corrected chi connectivity index (χ1v) is 10.7. The largest absolute Gasteiger partial charge is 0.432 e. The molecule has 8 heteroatoms. The molecule has 0 fully saturated rings. The first kappa shape index (κ1) is 24.3. The van der Waals surface area contributed by atoms with Crippen LogP contribution in [-0.4, -0.2) is 34.8 Å². The summed E-state index contributed by atoms with van der Waals surface area (Å²) >= 11 is 1.47. The molecule has 2 aromatic carbocycles. The number of Topliss-reactive ketones (excluding diaryl/α,β-unsaturated/α-hetero) is 1. The molecule has 1 unspecified atom stereocenters. The van der Waals surface area contributed by atoms with Crippen molar-refractivity contribution in [3.8, 4) is 0 Å². The van der Waals surface area contributed by atoms with Gasteiger partial charge in [-0.05, 0) is 55.0 Å². The fourth-order valence-corrected chi connectivity index (χ4v) is 3.28. The predicted molar refractivity (Wildman–Crippen MR) is 117 cm³/mol. The summed E-state index contributed by atoms with van der Waals surface area (Å²) in [4.78, 5) is 41.9. The van der Waals surface area contributed by atoms with Gasteiger partial charge in [-0.25, -0.2) is 9.59 Å². The summed E-state index contributed by atoms with van der Waals surface area (Å²) in [5, 5.41) is 13.1. The van der Waals surface area contributed by atoms with Gasteiger partial charge in [-0.3, -0.25) is 4.79 Å². The fraction of sp³-hybridized carbons (Fsp3) is 0.304. The van der Waals surface area contributed by atoms with E-state index in [1.54, 1.807) is 43.3 Å². The first-order valence-electron chi connectivity index (χ1n) is 9.90. The van der Waals surface area contributed by atoms with Gasteiger partial charge in [-0.1, -0.05) is 37.2 Å². The molecule has 0 spiro atoms. The number of nitrogens with zero attached hydrogens (tertiary/aromatic N) is 1. The molecule has 0 aliphatic heterocycles. The van der Waals surface area contributed by atoms with Crippen LogP contribution in [0.2, 0.25) is 0 Å². The van der Waals surface area contributed by atoms with E-state index >= 15 is 0 Å². The third-order valence-corrected chi connectivity index (χ3v) is 5.08. The summed E-state index contributed by atoms with van der Waals surface area (Å²) in [7, 11) is 0. The average Bonchev–Trinajstić information content (AvgIpc) is 2.77. The third-order valence-electron chi connectivity index (χ3n) is 4.07. The minimum absolute atomic E-state index is 0.203. The van der Waals surface area contributed by atoms with Crippen molar-refractivity contribution in [2.45, 2.75) is 56.1 Å². The Morgan fingerprint density at radius 3 is 2.00 bits per heavy atom. The number of oxime groups is 1. The number of aliphatic hydroxyl groups is 1. The average molecular weight is 444 g/mol. The Labute approximate surface area is 185 Å². The first-order chi connectivity index (χ1) is 14.8. The highest BCUT2D eigenvalue weighted by Gasteiger charge is 2.15. The second kappa shape index (κ2) is 12.0. The summed E-state index contributed by atoms with van der Waals surface area (Å²) < 4.78 is 4.89. The molecule has 164 valence electrons. The van der Waals surface area contributed by atoms with Gasteiger partial charge in [0.25, 0.3) is 0 Å². The Morgan fingerprint density at radius 2 is 1.52 bits per heavy atom. The zero-order valence-electron chi connectivity index (χ0n) is 17.7. The van der Waals surface area contributed by atoms with Gasteiger partial charge >= 0.3 is 11.9 Å². The molecule has 0 saturated carbocycles. The maximum atomic E-state index is 12.6. The zero-order valence-corrected chi connectivity index (χ0v) is 18.5. The molecule has 31 heavy (non-hydrogen) atoms. The van der Waals surface area contributed by atoms with Crippen LogP contribution in [0.5, 0.6) is 0 Å². The monoisotopic (exact) mass is 443 g/mol. The molecule has 0 bridgehead atoms. The van der Waals surface area contributed by atoms with Gasteiger partial charge in [0.05, 0.1) is 5.56 Å². The quantitative estimate of drug-likeness (QED) is 0.143. The summed E-state index contributed by atoms with van der Waals surface area (Å²) in [6, 6.07) is 13.8. The Hall–Kier alpha value is -2.97. The van der Waals surface area contributed by atoms with Crippen molar-refractivity contribution in [1.29, 1.82) is 0 Å². The van der Waals surface area contributed by atoms with E-state index in [1.807, 2.05) is 19.1 Å². The lowest BCUT2D eigenvalue weighted by molar-refractivity contribution is -0.140. The van der Waals surface area contributed by atoms with Crippen molar-refractivity contribution < 1.29 is 29.1 Å². The van der Waals surface area contributed by atoms with Crippen LogP contribution >= 0.6 is 11.8 Å². The topological polar surface area (TPSA) is 102 Å². The van der Waals surface area contributed by atoms with Crippen LogP contribution in [0.15, 0.2) is 63.5 Å². The number of ether oxygens (including phenoxy) is 1. The van der Waals surface area contributed by atoms with E-state index in [9.17, 15) is 19.5 Å². The minimum atomic E-state index is -1.11. The molecular formula is C23H25NO6S. The number of ketones is 1. The number of hydrogen-bond acceptors (Lipinski definition) is 8. The number of carbonyl (C=O) groups is 3. The van der Waals surface area contributed by atoms with Gasteiger partial charge in [0.15, 0.2) is 0 Å². The van der Waals surface area contributed by atoms with E-state index in [1.165, 1.54) is 18.7 Å².